The quantitative estimate of drug-likeness (QED) is 0.665. The van der Waals surface area contributed by atoms with Crippen molar-refractivity contribution in [3.05, 3.63) is 0 Å². The van der Waals surface area contributed by atoms with Gasteiger partial charge in [0, 0.05) is 12.6 Å². The summed E-state index contributed by atoms with van der Waals surface area (Å²) in [6.07, 6.45) is 7.30. The van der Waals surface area contributed by atoms with Gasteiger partial charge in [-0.15, -0.1) is 0 Å². The summed E-state index contributed by atoms with van der Waals surface area (Å²) >= 11 is 0. The number of carboxylic acid groups (broad SMARTS) is 1. The molecule has 1 aliphatic carbocycles. The lowest BCUT2D eigenvalue weighted by Crippen LogP contribution is -2.49. The van der Waals surface area contributed by atoms with Gasteiger partial charge in [-0.3, -0.25) is 0 Å². The Balaban J connectivity index is 2.43. The molecule has 0 radical (unpaired) electrons. The maximum atomic E-state index is 10.8. The summed E-state index contributed by atoms with van der Waals surface area (Å²) in [5, 5.41) is 21.7. The summed E-state index contributed by atoms with van der Waals surface area (Å²) in [5.41, 5.74) is -1.66. The fourth-order valence-electron chi connectivity index (χ4n) is 2.59. The number of hydrogen-bond acceptors (Lipinski definition) is 3. The van der Waals surface area contributed by atoms with E-state index in [9.17, 15) is 9.90 Å². The van der Waals surface area contributed by atoms with Crippen molar-refractivity contribution in [1.82, 2.24) is 5.32 Å². The van der Waals surface area contributed by atoms with Crippen molar-refractivity contribution in [1.29, 1.82) is 0 Å². The van der Waals surface area contributed by atoms with Crippen LogP contribution in [-0.2, 0) is 4.79 Å². The smallest absolute Gasteiger partial charge is 0.336 e. The maximum absolute atomic E-state index is 10.8. The number of carboxylic acids is 1. The van der Waals surface area contributed by atoms with Gasteiger partial charge in [-0.2, -0.15) is 0 Å². The normalized spacial score (nSPS) is 23.0. The van der Waals surface area contributed by atoms with E-state index in [1.165, 1.54) is 39.0 Å². The second kappa shape index (κ2) is 6.36. The largest absolute Gasteiger partial charge is 0.479 e. The van der Waals surface area contributed by atoms with Crippen LogP contribution in [-0.4, -0.2) is 34.4 Å². The molecule has 0 spiro atoms. The van der Waals surface area contributed by atoms with Crippen LogP contribution in [0.3, 0.4) is 0 Å². The Morgan fingerprint density at radius 2 is 2.00 bits per heavy atom. The van der Waals surface area contributed by atoms with Crippen LogP contribution < -0.4 is 5.32 Å². The number of carbonyl (C=O) groups is 1. The predicted molar refractivity (Wildman–Crippen MR) is 66.9 cm³/mol. The molecule has 2 atom stereocenters. The van der Waals surface area contributed by atoms with Crippen LogP contribution in [0.5, 0.6) is 0 Å². The Hall–Kier alpha value is -0.610. The first-order valence-corrected chi connectivity index (χ1v) is 6.66. The Morgan fingerprint density at radius 3 is 2.47 bits per heavy atom. The fraction of sp³-hybridized carbons (Fsp3) is 0.923. The molecule has 1 rings (SSSR count). The van der Waals surface area contributed by atoms with E-state index in [0.717, 1.165) is 6.42 Å². The molecule has 0 bridgehead atoms. The van der Waals surface area contributed by atoms with Crippen LogP contribution in [0.25, 0.3) is 0 Å². The summed E-state index contributed by atoms with van der Waals surface area (Å²) in [5.74, 6) is -0.526. The third-order valence-electron chi connectivity index (χ3n) is 3.83. The van der Waals surface area contributed by atoms with Gasteiger partial charge < -0.3 is 15.5 Å². The van der Waals surface area contributed by atoms with Crippen LogP contribution >= 0.6 is 0 Å². The molecule has 4 nitrogen and oxygen atoms in total. The van der Waals surface area contributed by atoms with Gasteiger partial charge in [0.2, 0.25) is 0 Å². The van der Waals surface area contributed by atoms with E-state index < -0.39 is 11.6 Å². The Morgan fingerprint density at radius 1 is 1.41 bits per heavy atom. The van der Waals surface area contributed by atoms with E-state index >= 15 is 0 Å². The molecule has 0 aromatic heterocycles. The number of rotatable bonds is 6. The van der Waals surface area contributed by atoms with Gasteiger partial charge in [-0.25, -0.2) is 4.79 Å². The zero-order valence-corrected chi connectivity index (χ0v) is 10.9. The van der Waals surface area contributed by atoms with Crippen molar-refractivity contribution < 1.29 is 15.0 Å². The second-order valence-electron chi connectivity index (χ2n) is 5.37. The second-order valence-corrected chi connectivity index (χ2v) is 5.37. The number of aliphatic hydroxyl groups is 1. The first-order valence-electron chi connectivity index (χ1n) is 6.66. The Kier molecular flexibility index (Phi) is 5.40. The van der Waals surface area contributed by atoms with Gasteiger partial charge in [0.05, 0.1) is 0 Å². The lowest BCUT2D eigenvalue weighted by Gasteiger charge is -2.32. The van der Waals surface area contributed by atoms with Crippen LogP contribution in [0.1, 0.15) is 52.4 Å². The molecule has 0 saturated heterocycles. The third-order valence-corrected chi connectivity index (χ3v) is 3.83. The molecule has 4 heteroatoms. The highest BCUT2D eigenvalue weighted by Gasteiger charge is 2.31. The average molecular weight is 243 g/mol. The average Bonchev–Trinajstić information content (AvgIpc) is 2.31. The molecule has 0 aliphatic heterocycles. The molecular formula is C13H25NO3. The van der Waals surface area contributed by atoms with Gasteiger partial charge in [0.15, 0.2) is 5.60 Å². The van der Waals surface area contributed by atoms with Gasteiger partial charge >= 0.3 is 5.97 Å². The standard InChI is InChI=1S/C13H25NO3/c1-3-11(10-7-5-4-6-8-10)14-9-13(2,17)12(15)16/h10-11,14,17H,3-9H2,1-2H3,(H,15,16). The van der Waals surface area contributed by atoms with Crippen LogP contribution in [0, 0.1) is 5.92 Å². The molecule has 0 heterocycles. The minimum Gasteiger partial charge on any atom is -0.479 e. The maximum Gasteiger partial charge on any atom is 0.336 e. The fourth-order valence-corrected chi connectivity index (χ4v) is 2.59. The van der Waals surface area contributed by atoms with E-state index in [4.69, 9.17) is 5.11 Å². The molecule has 0 aromatic carbocycles. The highest BCUT2D eigenvalue weighted by molar-refractivity contribution is 5.76. The summed E-state index contributed by atoms with van der Waals surface area (Å²) < 4.78 is 0. The molecule has 1 fully saturated rings. The predicted octanol–water partition coefficient (Wildman–Crippen LogP) is 1.77. The van der Waals surface area contributed by atoms with Crippen molar-refractivity contribution in [3.8, 4) is 0 Å². The highest BCUT2D eigenvalue weighted by Crippen LogP contribution is 2.27. The van der Waals surface area contributed by atoms with Crippen molar-refractivity contribution >= 4 is 5.97 Å². The molecule has 3 N–H and O–H groups in total. The molecular weight excluding hydrogens is 218 g/mol. The minimum atomic E-state index is -1.66. The van der Waals surface area contributed by atoms with E-state index in [0.29, 0.717) is 12.0 Å². The van der Waals surface area contributed by atoms with Crippen molar-refractivity contribution in [3.63, 3.8) is 0 Å². The van der Waals surface area contributed by atoms with Gasteiger partial charge in [-0.1, -0.05) is 26.2 Å². The van der Waals surface area contributed by atoms with Crippen molar-refractivity contribution in [2.45, 2.75) is 64.0 Å². The summed E-state index contributed by atoms with van der Waals surface area (Å²) in [6.45, 7) is 3.58. The minimum absolute atomic E-state index is 0.122. The lowest BCUT2D eigenvalue weighted by atomic mass is 9.82. The number of hydrogen-bond donors (Lipinski definition) is 3. The number of aliphatic carboxylic acids is 1. The molecule has 1 aliphatic rings. The first kappa shape index (κ1) is 14.5. The molecule has 2 unspecified atom stereocenters. The van der Waals surface area contributed by atoms with Gasteiger partial charge in [0.1, 0.15) is 0 Å². The molecule has 17 heavy (non-hydrogen) atoms. The lowest BCUT2D eigenvalue weighted by molar-refractivity contribution is -0.156. The SMILES string of the molecule is CCC(NCC(C)(O)C(=O)O)C1CCCCC1. The topological polar surface area (TPSA) is 69.6 Å². The number of nitrogens with one attached hydrogen (secondary N) is 1. The summed E-state index contributed by atoms with van der Waals surface area (Å²) in [6, 6.07) is 0.334. The Bertz CT molecular complexity index is 247. The van der Waals surface area contributed by atoms with E-state index in [1.54, 1.807) is 0 Å². The van der Waals surface area contributed by atoms with Crippen LogP contribution in [0.15, 0.2) is 0 Å². The molecule has 1 saturated carbocycles. The molecule has 0 amide bonds. The highest BCUT2D eigenvalue weighted by atomic mass is 16.4. The summed E-state index contributed by atoms with van der Waals surface area (Å²) in [7, 11) is 0. The monoisotopic (exact) mass is 243 g/mol. The molecule has 100 valence electrons. The molecule has 0 aromatic rings. The van der Waals surface area contributed by atoms with Crippen LogP contribution in [0.4, 0.5) is 0 Å². The van der Waals surface area contributed by atoms with Gasteiger partial charge in [0.25, 0.3) is 0 Å². The van der Waals surface area contributed by atoms with E-state index in [-0.39, 0.29) is 6.54 Å². The van der Waals surface area contributed by atoms with E-state index in [2.05, 4.69) is 12.2 Å². The first-order chi connectivity index (χ1) is 7.97. The van der Waals surface area contributed by atoms with E-state index in [1.807, 2.05) is 0 Å². The van der Waals surface area contributed by atoms with Crippen molar-refractivity contribution in [2.75, 3.05) is 6.54 Å². The zero-order valence-electron chi connectivity index (χ0n) is 10.9. The Labute approximate surface area is 103 Å². The summed E-state index contributed by atoms with van der Waals surface area (Å²) in [4.78, 5) is 10.8. The van der Waals surface area contributed by atoms with Crippen LogP contribution in [0.2, 0.25) is 0 Å². The third kappa shape index (κ3) is 4.28. The van der Waals surface area contributed by atoms with Gasteiger partial charge in [-0.05, 0) is 32.1 Å². The zero-order chi connectivity index (χ0) is 12.9. The van der Waals surface area contributed by atoms with Crippen molar-refractivity contribution in [2.24, 2.45) is 5.92 Å².